The third-order valence-electron chi connectivity index (χ3n) is 3.40. The zero-order valence-corrected chi connectivity index (χ0v) is 12.9. The van der Waals surface area contributed by atoms with Gasteiger partial charge in [-0.05, 0) is 38.6 Å². The summed E-state index contributed by atoms with van der Waals surface area (Å²) < 4.78 is 1.86. The van der Waals surface area contributed by atoms with E-state index in [1.807, 2.05) is 24.8 Å². The Balaban J connectivity index is 2.48. The van der Waals surface area contributed by atoms with Crippen LogP contribution in [0.1, 0.15) is 36.7 Å². The zero-order chi connectivity index (χ0) is 15.6. The number of rotatable bonds is 6. The van der Waals surface area contributed by atoms with Gasteiger partial charge in [-0.15, -0.1) is 5.10 Å². The van der Waals surface area contributed by atoms with Crippen LogP contribution in [0.2, 0.25) is 0 Å². The molecular formula is C15H22N4O2. The molecule has 0 saturated carbocycles. The van der Waals surface area contributed by atoms with Crippen LogP contribution in [0.5, 0.6) is 0 Å². The van der Waals surface area contributed by atoms with Gasteiger partial charge in [0.1, 0.15) is 5.52 Å². The third kappa shape index (κ3) is 3.39. The van der Waals surface area contributed by atoms with E-state index in [1.54, 1.807) is 12.1 Å². The molecule has 1 unspecified atom stereocenters. The van der Waals surface area contributed by atoms with E-state index in [2.05, 4.69) is 29.1 Å². The first-order valence-corrected chi connectivity index (χ1v) is 7.12. The normalized spacial score (nSPS) is 13.2. The highest BCUT2D eigenvalue weighted by molar-refractivity contribution is 6.00. The predicted molar refractivity (Wildman–Crippen MR) is 81.5 cm³/mol. The van der Waals surface area contributed by atoms with Crippen LogP contribution in [-0.2, 0) is 0 Å². The molecule has 6 nitrogen and oxygen atoms in total. The van der Waals surface area contributed by atoms with Crippen LogP contribution in [0.3, 0.4) is 0 Å². The molecule has 2 rings (SSSR count). The lowest BCUT2D eigenvalue weighted by Crippen LogP contribution is -2.26. The molecule has 1 heterocycles. The summed E-state index contributed by atoms with van der Waals surface area (Å²) in [4.78, 5) is 13.4. The van der Waals surface area contributed by atoms with E-state index in [0.717, 1.165) is 18.5 Å². The molecule has 0 fully saturated rings. The van der Waals surface area contributed by atoms with Crippen molar-refractivity contribution in [2.75, 3.05) is 20.6 Å². The fraction of sp³-hybridized carbons (Fsp3) is 0.533. The second-order valence-electron chi connectivity index (χ2n) is 6.06. The van der Waals surface area contributed by atoms with Crippen molar-refractivity contribution in [3.8, 4) is 0 Å². The summed E-state index contributed by atoms with van der Waals surface area (Å²) in [7, 11) is 4.05. The van der Waals surface area contributed by atoms with E-state index in [9.17, 15) is 9.90 Å². The van der Waals surface area contributed by atoms with Crippen LogP contribution in [0.15, 0.2) is 18.2 Å². The molecule has 0 bridgehead atoms. The van der Waals surface area contributed by atoms with Crippen molar-refractivity contribution in [1.82, 2.24) is 19.9 Å². The minimum absolute atomic E-state index is 0.175. The van der Waals surface area contributed by atoms with Crippen molar-refractivity contribution in [3.63, 3.8) is 0 Å². The monoisotopic (exact) mass is 290 g/mol. The number of carbonyl (C=O) groups is 1. The van der Waals surface area contributed by atoms with Gasteiger partial charge in [0.25, 0.3) is 0 Å². The first kappa shape index (κ1) is 15.4. The van der Waals surface area contributed by atoms with Gasteiger partial charge in [-0.3, -0.25) is 0 Å². The van der Waals surface area contributed by atoms with E-state index in [-0.39, 0.29) is 11.6 Å². The van der Waals surface area contributed by atoms with Crippen molar-refractivity contribution in [1.29, 1.82) is 0 Å². The van der Waals surface area contributed by atoms with Gasteiger partial charge >= 0.3 is 5.97 Å². The van der Waals surface area contributed by atoms with E-state index < -0.39 is 5.97 Å². The topological polar surface area (TPSA) is 71.2 Å². The standard InChI is InChI=1S/C15H22N4O2/c1-10(2)8-11(9-18(3)4)19-13-7-5-6-12(15(20)21)14(13)16-17-19/h5-7,10-11H,8-9H2,1-4H3,(H,20,21). The largest absolute Gasteiger partial charge is 0.478 e. The van der Waals surface area contributed by atoms with Crippen LogP contribution >= 0.6 is 0 Å². The van der Waals surface area contributed by atoms with Crippen LogP contribution in [0.4, 0.5) is 0 Å². The molecule has 0 aliphatic carbocycles. The molecule has 1 aromatic carbocycles. The molecular weight excluding hydrogens is 268 g/mol. The number of nitrogens with zero attached hydrogens (tertiary/aromatic N) is 4. The smallest absolute Gasteiger partial charge is 0.338 e. The number of fused-ring (bicyclic) bond motifs is 1. The quantitative estimate of drug-likeness (QED) is 0.883. The Morgan fingerprint density at radius 2 is 2.10 bits per heavy atom. The molecule has 2 aromatic rings. The Bertz CT molecular complexity index is 624. The van der Waals surface area contributed by atoms with Crippen molar-refractivity contribution < 1.29 is 9.90 Å². The number of carboxylic acids is 1. The van der Waals surface area contributed by atoms with E-state index in [0.29, 0.717) is 11.4 Å². The summed E-state index contributed by atoms with van der Waals surface area (Å²) in [5.74, 6) is -0.447. The fourth-order valence-corrected chi connectivity index (χ4v) is 2.62. The first-order valence-electron chi connectivity index (χ1n) is 7.12. The van der Waals surface area contributed by atoms with E-state index in [1.165, 1.54) is 0 Å². The number of aromatic carboxylic acids is 1. The minimum atomic E-state index is -0.972. The van der Waals surface area contributed by atoms with Gasteiger partial charge in [0.05, 0.1) is 17.1 Å². The Morgan fingerprint density at radius 3 is 2.67 bits per heavy atom. The van der Waals surface area contributed by atoms with Crippen LogP contribution < -0.4 is 0 Å². The van der Waals surface area contributed by atoms with Gasteiger partial charge in [0.2, 0.25) is 0 Å². The summed E-state index contributed by atoms with van der Waals surface area (Å²) in [6, 6.07) is 5.36. The van der Waals surface area contributed by atoms with Crippen molar-refractivity contribution in [3.05, 3.63) is 23.8 Å². The number of likely N-dealkylation sites (N-methyl/N-ethyl adjacent to an activating group) is 1. The number of hydrogen-bond donors (Lipinski definition) is 1. The molecule has 21 heavy (non-hydrogen) atoms. The highest BCUT2D eigenvalue weighted by Crippen LogP contribution is 2.24. The number of carboxylic acid groups (broad SMARTS) is 1. The highest BCUT2D eigenvalue weighted by atomic mass is 16.4. The lowest BCUT2D eigenvalue weighted by molar-refractivity contribution is 0.0699. The molecule has 114 valence electrons. The van der Waals surface area contributed by atoms with Crippen LogP contribution in [-0.4, -0.2) is 51.6 Å². The second kappa shape index (κ2) is 6.22. The number of hydrogen-bond acceptors (Lipinski definition) is 4. The number of aromatic nitrogens is 3. The Hall–Kier alpha value is -1.95. The average molecular weight is 290 g/mol. The molecule has 1 N–H and O–H groups in total. The molecule has 0 amide bonds. The SMILES string of the molecule is CC(C)CC(CN(C)C)n1nnc2c(C(=O)O)cccc21. The van der Waals surface area contributed by atoms with Gasteiger partial charge in [-0.2, -0.15) is 0 Å². The maximum absolute atomic E-state index is 11.3. The van der Waals surface area contributed by atoms with Gasteiger partial charge in [0.15, 0.2) is 0 Å². The minimum Gasteiger partial charge on any atom is -0.478 e. The molecule has 0 aliphatic heterocycles. The van der Waals surface area contributed by atoms with Crippen LogP contribution in [0.25, 0.3) is 11.0 Å². The summed E-state index contributed by atoms with van der Waals surface area (Å²) in [5, 5.41) is 17.5. The van der Waals surface area contributed by atoms with Gasteiger partial charge in [-0.25, -0.2) is 9.48 Å². The average Bonchev–Trinajstić information content (AvgIpc) is 2.79. The Morgan fingerprint density at radius 1 is 1.38 bits per heavy atom. The molecule has 0 spiro atoms. The molecule has 0 aliphatic rings. The first-order chi connectivity index (χ1) is 9.90. The molecule has 0 saturated heterocycles. The molecule has 0 radical (unpaired) electrons. The maximum Gasteiger partial charge on any atom is 0.338 e. The second-order valence-corrected chi connectivity index (χ2v) is 6.06. The van der Waals surface area contributed by atoms with Gasteiger partial charge < -0.3 is 10.0 Å². The van der Waals surface area contributed by atoms with Crippen molar-refractivity contribution in [2.45, 2.75) is 26.3 Å². The predicted octanol–water partition coefficient (Wildman–Crippen LogP) is 2.28. The van der Waals surface area contributed by atoms with Gasteiger partial charge in [-0.1, -0.05) is 25.1 Å². The maximum atomic E-state index is 11.3. The fourth-order valence-electron chi connectivity index (χ4n) is 2.62. The summed E-state index contributed by atoms with van der Waals surface area (Å²) >= 11 is 0. The van der Waals surface area contributed by atoms with Crippen molar-refractivity contribution >= 4 is 17.0 Å². The Labute approximate surface area is 124 Å². The number of benzene rings is 1. The summed E-state index contributed by atoms with van der Waals surface area (Å²) in [5.41, 5.74) is 1.44. The lowest BCUT2D eigenvalue weighted by atomic mass is 10.0. The summed E-state index contributed by atoms with van der Waals surface area (Å²) in [6.07, 6.45) is 0.966. The lowest BCUT2D eigenvalue weighted by Gasteiger charge is -2.23. The van der Waals surface area contributed by atoms with E-state index >= 15 is 0 Å². The summed E-state index contributed by atoms with van der Waals surface area (Å²) in [6.45, 7) is 5.18. The molecule has 6 heteroatoms. The molecule has 1 aromatic heterocycles. The zero-order valence-electron chi connectivity index (χ0n) is 12.9. The van der Waals surface area contributed by atoms with Crippen molar-refractivity contribution in [2.24, 2.45) is 5.92 Å². The third-order valence-corrected chi connectivity index (χ3v) is 3.40. The highest BCUT2D eigenvalue weighted by Gasteiger charge is 2.20. The van der Waals surface area contributed by atoms with Crippen LogP contribution in [0, 0.1) is 5.92 Å². The Kier molecular flexibility index (Phi) is 4.57. The molecule has 1 atom stereocenters. The van der Waals surface area contributed by atoms with Gasteiger partial charge in [0, 0.05) is 6.54 Å². The van der Waals surface area contributed by atoms with E-state index in [4.69, 9.17) is 0 Å².